The van der Waals surface area contributed by atoms with Gasteiger partial charge in [0.05, 0.1) is 18.8 Å². The first-order valence-corrected chi connectivity index (χ1v) is 9.94. The lowest BCUT2D eigenvalue weighted by Gasteiger charge is -2.14. The molecule has 0 aromatic heterocycles. The third kappa shape index (κ3) is 4.25. The summed E-state index contributed by atoms with van der Waals surface area (Å²) in [5, 5.41) is 0. The molecule has 2 aromatic rings. The highest BCUT2D eigenvalue weighted by Crippen LogP contribution is 2.31. The summed E-state index contributed by atoms with van der Waals surface area (Å²) in [6, 6.07) is 9.85. The number of carbonyl (C=O) groups is 1. The Morgan fingerprint density at radius 2 is 1.85 bits per heavy atom. The lowest BCUT2D eigenvalue weighted by atomic mass is 10.2. The summed E-state index contributed by atoms with van der Waals surface area (Å²) in [5.74, 6) is -0.299. The molecule has 0 unspecified atom stereocenters. The third-order valence-corrected chi connectivity index (χ3v) is 5.00. The number of esters is 1. The first-order chi connectivity index (χ1) is 12.3. The highest BCUT2D eigenvalue weighted by atomic mass is 127. The van der Waals surface area contributed by atoms with Crippen LogP contribution in [0.3, 0.4) is 0 Å². The highest BCUT2D eigenvalue weighted by Gasteiger charge is 2.26. The standard InChI is InChI=1S/C19H14FI2NO3/c1-10(2)25-17-14(21)7-11(8-15(17)22)9-16-19(24)26-18(23-16)12-5-3-4-6-13(12)20/h3-10H,1-2H3/b16-9-. The number of hydrogen-bond donors (Lipinski definition) is 0. The Bertz CT molecular complexity index is 915. The Morgan fingerprint density at radius 1 is 1.19 bits per heavy atom. The summed E-state index contributed by atoms with van der Waals surface area (Å²) in [6.07, 6.45) is 1.69. The number of carbonyl (C=O) groups excluding carboxylic acids is 1. The Labute approximate surface area is 177 Å². The normalized spacial score (nSPS) is 15.4. The Morgan fingerprint density at radius 3 is 2.46 bits per heavy atom. The number of halogens is 3. The molecule has 1 aliphatic rings. The number of cyclic esters (lactones) is 1. The van der Waals surface area contributed by atoms with E-state index in [2.05, 4.69) is 50.2 Å². The van der Waals surface area contributed by atoms with Crippen molar-refractivity contribution in [2.45, 2.75) is 20.0 Å². The molecule has 0 atom stereocenters. The minimum absolute atomic E-state index is 0.0245. The number of rotatable bonds is 4. The lowest BCUT2D eigenvalue weighted by Crippen LogP contribution is -2.08. The van der Waals surface area contributed by atoms with E-state index < -0.39 is 11.8 Å². The molecule has 0 bridgehead atoms. The van der Waals surface area contributed by atoms with Gasteiger partial charge in [-0.05, 0) is 94.9 Å². The maximum absolute atomic E-state index is 13.9. The van der Waals surface area contributed by atoms with Crippen LogP contribution in [0.5, 0.6) is 5.75 Å². The average Bonchev–Trinajstić information content (AvgIpc) is 2.92. The zero-order chi connectivity index (χ0) is 18.8. The van der Waals surface area contributed by atoms with Crippen molar-refractivity contribution in [3.63, 3.8) is 0 Å². The largest absolute Gasteiger partial charge is 0.489 e. The SMILES string of the molecule is CC(C)Oc1c(I)cc(/C=C2\N=C(c3ccccc3F)OC2=O)cc1I. The maximum atomic E-state index is 13.9. The molecule has 0 fully saturated rings. The van der Waals surface area contributed by atoms with Crippen molar-refractivity contribution in [1.82, 2.24) is 0 Å². The van der Waals surface area contributed by atoms with Crippen LogP contribution in [-0.2, 0) is 9.53 Å². The van der Waals surface area contributed by atoms with Gasteiger partial charge < -0.3 is 9.47 Å². The molecule has 0 spiro atoms. The second-order valence-electron chi connectivity index (χ2n) is 5.80. The average molecular weight is 577 g/mol. The molecule has 1 heterocycles. The highest BCUT2D eigenvalue weighted by molar-refractivity contribution is 14.1. The van der Waals surface area contributed by atoms with Gasteiger partial charge in [-0.3, -0.25) is 0 Å². The topological polar surface area (TPSA) is 47.9 Å². The maximum Gasteiger partial charge on any atom is 0.363 e. The predicted molar refractivity (Wildman–Crippen MR) is 115 cm³/mol. The summed E-state index contributed by atoms with van der Waals surface area (Å²) < 4.78 is 26.7. The van der Waals surface area contributed by atoms with Crippen molar-refractivity contribution in [2.75, 3.05) is 0 Å². The number of ether oxygens (including phenoxy) is 2. The van der Waals surface area contributed by atoms with E-state index in [0.29, 0.717) is 0 Å². The van der Waals surface area contributed by atoms with Crippen LogP contribution < -0.4 is 4.74 Å². The van der Waals surface area contributed by atoms with Gasteiger partial charge >= 0.3 is 5.97 Å². The molecular weight excluding hydrogens is 563 g/mol. The van der Waals surface area contributed by atoms with Gasteiger partial charge in [0, 0.05) is 0 Å². The molecule has 134 valence electrons. The molecule has 0 radical (unpaired) electrons. The van der Waals surface area contributed by atoms with Crippen LogP contribution in [0.25, 0.3) is 6.08 Å². The molecule has 2 aromatic carbocycles. The molecule has 0 amide bonds. The van der Waals surface area contributed by atoms with Crippen molar-refractivity contribution >= 4 is 63.1 Å². The van der Waals surface area contributed by atoms with Crippen molar-refractivity contribution in [1.29, 1.82) is 0 Å². The smallest absolute Gasteiger partial charge is 0.363 e. The van der Waals surface area contributed by atoms with Gasteiger partial charge in [0.2, 0.25) is 5.90 Å². The molecule has 26 heavy (non-hydrogen) atoms. The zero-order valence-electron chi connectivity index (χ0n) is 13.9. The van der Waals surface area contributed by atoms with Crippen molar-refractivity contribution in [3.8, 4) is 5.75 Å². The van der Waals surface area contributed by atoms with Crippen LogP contribution in [0.4, 0.5) is 4.39 Å². The van der Waals surface area contributed by atoms with E-state index in [1.54, 1.807) is 18.2 Å². The monoisotopic (exact) mass is 577 g/mol. The minimum atomic E-state index is -0.601. The Balaban J connectivity index is 1.95. The van der Waals surface area contributed by atoms with Crippen molar-refractivity contribution in [3.05, 3.63) is 66.2 Å². The predicted octanol–water partition coefficient (Wildman–Crippen LogP) is 5.17. The third-order valence-electron chi connectivity index (χ3n) is 3.40. The molecule has 0 saturated carbocycles. The first kappa shape index (κ1) is 19.3. The van der Waals surface area contributed by atoms with Crippen LogP contribution in [0, 0.1) is 13.0 Å². The van der Waals surface area contributed by atoms with E-state index in [-0.39, 0.29) is 23.3 Å². The molecule has 1 aliphatic heterocycles. The van der Waals surface area contributed by atoms with Gasteiger partial charge in [0.25, 0.3) is 0 Å². The summed E-state index contributed by atoms with van der Waals surface area (Å²) in [6.45, 7) is 3.94. The Hall–Kier alpha value is -1.49. The van der Waals surface area contributed by atoms with E-state index in [1.165, 1.54) is 12.1 Å². The van der Waals surface area contributed by atoms with Crippen LogP contribution >= 0.6 is 45.2 Å². The number of hydrogen-bond acceptors (Lipinski definition) is 4. The first-order valence-electron chi connectivity index (χ1n) is 7.78. The van der Waals surface area contributed by atoms with Gasteiger partial charge in [-0.25, -0.2) is 14.2 Å². The van der Waals surface area contributed by atoms with Crippen LogP contribution in [-0.4, -0.2) is 18.0 Å². The minimum Gasteiger partial charge on any atom is -0.489 e. The fourth-order valence-electron chi connectivity index (χ4n) is 2.33. The van der Waals surface area contributed by atoms with E-state index in [0.717, 1.165) is 18.5 Å². The van der Waals surface area contributed by atoms with Gasteiger partial charge in [-0.1, -0.05) is 12.1 Å². The molecule has 0 aliphatic carbocycles. The number of nitrogens with zero attached hydrogens (tertiary/aromatic N) is 1. The summed E-state index contributed by atoms with van der Waals surface area (Å²) in [7, 11) is 0. The van der Waals surface area contributed by atoms with Crippen LogP contribution in [0.2, 0.25) is 0 Å². The zero-order valence-corrected chi connectivity index (χ0v) is 18.2. The summed E-state index contributed by atoms with van der Waals surface area (Å²) >= 11 is 4.39. The van der Waals surface area contributed by atoms with E-state index in [4.69, 9.17) is 9.47 Å². The quantitative estimate of drug-likeness (QED) is 0.287. The second kappa shape index (κ2) is 8.03. The Kier molecular flexibility index (Phi) is 5.96. The molecular formula is C19H14FI2NO3. The number of benzene rings is 2. The van der Waals surface area contributed by atoms with Crippen LogP contribution in [0.15, 0.2) is 47.1 Å². The number of aliphatic imine (C=N–C) groups is 1. The second-order valence-corrected chi connectivity index (χ2v) is 8.12. The van der Waals surface area contributed by atoms with E-state index in [9.17, 15) is 9.18 Å². The molecule has 0 saturated heterocycles. The van der Waals surface area contributed by atoms with E-state index >= 15 is 0 Å². The lowest BCUT2D eigenvalue weighted by molar-refractivity contribution is -0.129. The molecule has 7 heteroatoms. The van der Waals surface area contributed by atoms with Gasteiger partial charge in [-0.15, -0.1) is 0 Å². The summed E-state index contributed by atoms with van der Waals surface area (Å²) in [5.41, 5.74) is 1.09. The van der Waals surface area contributed by atoms with Gasteiger partial charge in [-0.2, -0.15) is 0 Å². The summed E-state index contributed by atoms with van der Waals surface area (Å²) in [4.78, 5) is 16.3. The van der Waals surface area contributed by atoms with Crippen molar-refractivity contribution < 1.29 is 18.7 Å². The van der Waals surface area contributed by atoms with Gasteiger partial charge in [0.15, 0.2) is 5.70 Å². The molecule has 4 nitrogen and oxygen atoms in total. The van der Waals surface area contributed by atoms with E-state index in [1.807, 2.05) is 26.0 Å². The van der Waals surface area contributed by atoms with Crippen LogP contribution in [0.1, 0.15) is 25.0 Å². The molecule has 0 N–H and O–H groups in total. The van der Waals surface area contributed by atoms with Gasteiger partial charge in [0.1, 0.15) is 11.6 Å². The van der Waals surface area contributed by atoms with Crippen molar-refractivity contribution in [2.24, 2.45) is 4.99 Å². The fourth-order valence-corrected chi connectivity index (χ4v) is 4.40. The fraction of sp³-hybridized carbons (Fsp3) is 0.158. The molecule has 3 rings (SSSR count).